The number of hydrogen-bond acceptors (Lipinski definition) is 2. The van der Waals surface area contributed by atoms with Crippen LogP contribution in [0.25, 0.3) is 0 Å². The van der Waals surface area contributed by atoms with E-state index in [0.717, 1.165) is 24.9 Å². The number of nitrogens with one attached hydrogen (secondary N) is 1. The SMILES string of the molecule is CCC(C)c1ccccc1NC(=O)C1CC(=O)N(C2CCCC2)C1. The summed E-state index contributed by atoms with van der Waals surface area (Å²) in [4.78, 5) is 26.9. The number of anilines is 1. The first-order chi connectivity index (χ1) is 11.6. The molecule has 1 aromatic rings. The average molecular weight is 328 g/mol. The molecule has 1 aromatic carbocycles. The number of amides is 2. The predicted molar refractivity (Wildman–Crippen MR) is 95.9 cm³/mol. The molecule has 0 aromatic heterocycles. The predicted octanol–water partition coefficient (Wildman–Crippen LogP) is 3.93. The van der Waals surface area contributed by atoms with Crippen LogP contribution in [-0.2, 0) is 9.59 Å². The molecule has 0 spiro atoms. The highest BCUT2D eigenvalue weighted by atomic mass is 16.2. The quantitative estimate of drug-likeness (QED) is 0.890. The maximum Gasteiger partial charge on any atom is 0.229 e. The van der Waals surface area contributed by atoms with E-state index in [9.17, 15) is 9.59 Å². The van der Waals surface area contributed by atoms with Crippen molar-refractivity contribution in [1.29, 1.82) is 0 Å². The van der Waals surface area contributed by atoms with Gasteiger partial charge in [-0.2, -0.15) is 0 Å². The minimum Gasteiger partial charge on any atom is -0.339 e. The van der Waals surface area contributed by atoms with E-state index in [4.69, 9.17) is 0 Å². The second-order valence-corrected chi connectivity index (χ2v) is 7.27. The lowest BCUT2D eigenvalue weighted by Gasteiger charge is -2.24. The van der Waals surface area contributed by atoms with Gasteiger partial charge in [-0.15, -0.1) is 0 Å². The lowest BCUT2D eigenvalue weighted by molar-refractivity contribution is -0.129. The zero-order valence-electron chi connectivity index (χ0n) is 14.8. The Morgan fingerprint density at radius 1 is 1.29 bits per heavy atom. The number of rotatable bonds is 5. The van der Waals surface area contributed by atoms with Crippen LogP contribution in [-0.4, -0.2) is 29.3 Å². The molecule has 2 amide bonds. The maximum absolute atomic E-state index is 12.7. The summed E-state index contributed by atoms with van der Waals surface area (Å²) in [5.74, 6) is 0.321. The summed E-state index contributed by atoms with van der Waals surface area (Å²) in [7, 11) is 0. The molecule has 1 N–H and O–H groups in total. The maximum atomic E-state index is 12.7. The van der Waals surface area contributed by atoms with Gasteiger partial charge in [-0.3, -0.25) is 9.59 Å². The van der Waals surface area contributed by atoms with Crippen LogP contribution >= 0.6 is 0 Å². The smallest absolute Gasteiger partial charge is 0.229 e. The molecular formula is C20H28N2O2. The molecular weight excluding hydrogens is 300 g/mol. The van der Waals surface area contributed by atoms with Crippen LogP contribution in [0.2, 0.25) is 0 Å². The molecule has 3 rings (SSSR count). The second-order valence-electron chi connectivity index (χ2n) is 7.27. The fraction of sp³-hybridized carbons (Fsp3) is 0.600. The van der Waals surface area contributed by atoms with Crippen LogP contribution in [0, 0.1) is 5.92 Å². The molecule has 1 aliphatic carbocycles. The molecule has 0 radical (unpaired) electrons. The monoisotopic (exact) mass is 328 g/mol. The summed E-state index contributed by atoms with van der Waals surface area (Å²) < 4.78 is 0. The van der Waals surface area contributed by atoms with Gasteiger partial charge in [0.1, 0.15) is 0 Å². The third-order valence-corrected chi connectivity index (χ3v) is 5.66. The van der Waals surface area contributed by atoms with Gasteiger partial charge in [0.05, 0.1) is 5.92 Å². The number of carbonyl (C=O) groups excluding carboxylic acids is 2. The molecule has 4 nitrogen and oxygen atoms in total. The van der Waals surface area contributed by atoms with Gasteiger partial charge in [0.25, 0.3) is 0 Å². The van der Waals surface area contributed by atoms with Crippen LogP contribution in [0.1, 0.15) is 63.9 Å². The number of carbonyl (C=O) groups is 2. The van der Waals surface area contributed by atoms with Crippen molar-refractivity contribution < 1.29 is 9.59 Å². The highest BCUT2D eigenvalue weighted by Crippen LogP contribution is 2.31. The van der Waals surface area contributed by atoms with Crippen LogP contribution in [0.15, 0.2) is 24.3 Å². The van der Waals surface area contributed by atoms with E-state index in [1.54, 1.807) is 0 Å². The summed E-state index contributed by atoms with van der Waals surface area (Å²) in [6.45, 7) is 4.91. The number of para-hydroxylation sites is 1. The van der Waals surface area contributed by atoms with Crippen LogP contribution < -0.4 is 5.32 Å². The molecule has 1 saturated heterocycles. The Balaban J connectivity index is 1.67. The van der Waals surface area contributed by atoms with E-state index in [1.807, 2.05) is 23.1 Å². The Morgan fingerprint density at radius 2 is 2.00 bits per heavy atom. The minimum atomic E-state index is -0.219. The third kappa shape index (κ3) is 3.47. The highest BCUT2D eigenvalue weighted by Gasteiger charge is 2.38. The summed E-state index contributed by atoms with van der Waals surface area (Å²) in [5.41, 5.74) is 2.06. The van der Waals surface area contributed by atoms with Crippen molar-refractivity contribution in [1.82, 2.24) is 4.90 Å². The van der Waals surface area contributed by atoms with Crippen LogP contribution in [0.4, 0.5) is 5.69 Å². The average Bonchev–Trinajstić information content (AvgIpc) is 3.24. The lowest BCUT2D eigenvalue weighted by Crippen LogP contribution is -2.35. The van der Waals surface area contributed by atoms with Gasteiger partial charge in [0, 0.05) is 24.7 Å². The number of nitrogens with zero attached hydrogens (tertiary/aromatic N) is 1. The van der Waals surface area contributed by atoms with E-state index in [-0.39, 0.29) is 17.7 Å². The molecule has 130 valence electrons. The Hall–Kier alpha value is -1.84. The minimum absolute atomic E-state index is 0.0143. The van der Waals surface area contributed by atoms with Gasteiger partial charge >= 0.3 is 0 Å². The topological polar surface area (TPSA) is 49.4 Å². The van der Waals surface area contributed by atoms with Gasteiger partial charge < -0.3 is 10.2 Å². The van der Waals surface area contributed by atoms with Gasteiger partial charge in [0.2, 0.25) is 11.8 Å². The first-order valence-corrected chi connectivity index (χ1v) is 9.29. The Labute approximate surface area is 144 Å². The molecule has 1 heterocycles. The van der Waals surface area contributed by atoms with E-state index in [1.165, 1.54) is 18.4 Å². The van der Waals surface area contributed by atoms with E-state index >= 15 is 0 Å². The first-order valence-electron chi connectivity index (χ1n) is 9.29. The molecule has 1 saturated carbocycles. The van der Waals surface area contributed by atoms with Crippen LogP contribution in [0.5, 0.6) is 0 Å². The highest BCUT2D eigenvalue weighted by molar-refractivity contribution is 5.97. The molecule has 2 aliphatic rings. The van der Waals surface area contributed by atoms with Crippen LogP contribution in [0.3, 0.4) is 0 Å². The third-order valence-electron chi connectivity index (χ3n) is 5.66. The van der Waals surface area contributed by atoms with Gasteiger partial charge in [0.15, 0.2) is 0 Å². The molecule has 4 heteroatoms. The Morgan fingerprint density at radius 3 is 2.71 bits per heavy atom. The van der Waals surface area contributed by atoms with Gasteiger partial charge in [-0.05, 0) is 36.8 Å². The van der Waals surface area contributed by atoms with Crippen molar-refractivity contribution in [3.05, 3.63) is 29.8 Å². The summed E-state index contributed by atoms with van der Waals surface area (Å²) in [6.07, 6.45) is 5.98. The molecule has 24 heavy (non-hydrogen) atoms. The van der Waals surface area contributed by atoms with Crippen molar-refractivity contribution in [2.75, 3.05) is 11.9 Å². The fourth-order valence-corrected chi connectivity index (χ4v) is 3.97. The number of benzene rings is 1. The summed E-state index contributed by atoms with van der Waals surface area (Å²) >= 11 is 0. The van der Waals surface area contributed by atoms with E-state index < -0.39 is 0 Å². The van der Waals surface area contributed by atoms with E-state index in [2.05, 4.69) is 25.2 Å². The van der Waals surface area contributed by atoms with Crippen molar-refractivity contribution in [3.8, 4) is 0 Å². The van der Waals surface area contributed by atoms with Gasteiger partial charge in [-0.1, -0.05) is 44.9 Å². The van der Waals surface area contributed by atoms with Crippen molar-refractivity contribution in [3.63, 3.8) is 0 Å². The normalized spacial score (nSPS) is 22.8. The molecule has 2 unspecified atom stereocenters. The zero-order valence-corrected chi connectivity index (χ0v) is 14.8. The van der Waals surface area contributed by atoms with E-state index in [0.29, 0.717) is 24.9 Å². The van der Waals surface area contributed by atoms with Crippen molar-refractivity contribution in [2.45, 2.75) is 64.3 Å². The van der Waals surface area contributed by atoms with Gasteiger partial charge in [-0.25, -0.2) is 0 Å². The fourth-order valence-electron chi connectivity index (χ4n) is 3.97. The second kappa shape index (κ2) is 7.37. The first kappa shape index (κ1) is 17.0. The van der Waals surface area contributed by atoms with Crippen molar-refractivity contribution in [2.24, 2.45) is 5.92 Å². The molecule has 2 atom stereocenters. The van der Waals surface area contributed by atoms with Crippen molar-refractivity contribution >= 4 is 17.5 Å². The molecule has 2 fully saturated rings. The zero-order chi connectivity index (χ0) is 17.1. The summed E-state index contributed by atoms with van der Waals surface area (Å²) in [5, 5.41) is 3.08. The summed E-state index contributed by atoms with van der Waals surface area (Å²) in [6, 6.07) is 8.37. The largest absolute Gasteiger partial charge is 0.339 e. The molecule has 1 aliphatic heterocycles. The molecule has 0 bridgehead atoms. The Kier molecular flexibility index (Phi) is 5.22. The Bertz CT molecular complexity index is 607. The number of hydrogen-bond donors (Lipinski definition) is 1. The lowest BCUT2D eigenvalue weighted by atomic mass is 9.96. The standard InChI is InChI=1S/C20H28N2O2/c1-3-14(2)17-10-6-7-11-18(17)21-20(24)15-12-19(23)22(13-15)16-8-4-5-9-16/h6-7,10-11,14-16H,3-5,8-9,12-13H2,1-2H3,(H,21,24). The number of likely N-dealkylation sites (tertiary alicyclic amines) is 1.